The number of carbonyl (C=O) groups excluding carboxylic acids is 1. The number of methoxy groups -OCH3 is 1. The summed E-state index contributed by atoms with van der Waals surface area (Å²) in [4.78, 5) is 14.0. The molecule has 2 rings (SSSR count). The van der Waals surface area contributed by atoms with Gasteiger partial charge in [0, 0.05) is 24.7 Å². The van der Waals surface area contributed by atoms with Crippen molar-refractivity contribution >= 4 is 33.4 Å². The van der Waals surface area contributed by atoms with Gasteiger partial charge in [0.2, 0.25) is 0 Å². The van der Waals surface area contributed by atoms with Gasteiger partial charge in [0.15, 0.2) is 0 Å². The quantitative estimate of drug-likeness (QED) is 0.839. The van der Waals surface area contributed by atoms with Gasteiger partial charge in [0.25, 0.3) is 5.91 Å². The van der Waals surface area contributed by atoms with Crippen molar-refractivity contribution < 1.29 is 9.53 Å². The van der Waals surface area contributed by atoms with Crippen LogP contribution >= 0.6 is 27.5 Å². The van der Waals surface area contributed by atoms with E-state index in [1.807, 2.05) is 12.1 Å². The van der Waals surface area contributed by atoms with E-state index in [9.17, 15) is 4.79 Å². The minimum absolute atomic E-state index is 0.0316. The van der Waals surface area contributed by atoms with Gasteiger partial charge in [-0.2, -0.15) is 0 Å². The number of hydrogen-bond donors (Lipinski definition) is 0. The molecule has 0 saturated carbocycles. The summed E-state index contributed by atoms with van der Waals surface area (Å²) in [5, 5.41) is 0.471. The summed E-state index contributed by atoms with van der Waals surface area (Å²) in [5.74, 6) is -0.0316. The summed E-state index contributed by atoms with van der Waals surface area (Å²) in [5.41, 5.74) is 0.540. The topological polar surface area (TPSA) is 29.5 Å². The number of hydrogen-bond acceptors (Lipinski definition) is 2. The lowest BCUT2D eigenvalue weighted by atomic mass is 10.2. The van der Waals surface area contributed by atoms with E-state index in [1.165, 1.54) is 0 Å². The number of carbonyl (C=O) groups is 1. The highest BCUT2D eigenvalue weighted by Crippen LogP contribution is 2.28. The van der Waals surface area contributed by atoms with Gasteiger partial charge in [-0.1, -0.05) is 17.7 Å². The van der Waals surface area contributed by atoms with Crippen LogP contribution in [-0.2, 0) is 4.74 Å². The highest BCUT2D eigenvalue weighted by atomic mass is 79.9. The second kappa shape index (κ2) is 5.38. The molecule has 17 heavy (non-hydrogen) atoms. The highest BCUT2D eigenvalue weighted by Gasteiger charge is 2.28. The van der Waals surface area contributed by atoms with Crippen molar-refractivity contribution in [3.63, 3.8) is 0 Å². The Kier molecular flexibility index (Phi) is 4.07. The number of amides is 1. The van der Waals surface area contributed by atoms with E-state index < -0.39 is 0 Å². The molecule has 0 aliphatic carbocycles. The van der Waals surface area contributed by atoms with Gasteiger partial charge in [-0.3, -0.25) is 4.79 Å². The summed E-state index contributed by atoms with van der Waals surface area (Å²) < 4.78 is 5.99. The van der Waals surface area contributed by atoms with Crippen molar-refractivity contribution in [1.82, 2.24) is 4.90 Å². The minimum Gasteiger partial charge on any atom is -0.380 e. The average Bonchev–Trinajstić information content (AvgIpc) is 2.80. The number of nitrogens with zero attached hydrogens (tertiary/aromatic N) is 1. The Labute approximate surface area is 114 Å². The molecule has 1 unspecified atom stereocenters. The van der Waals surface area contributed by atoms with Crippen LogP contribution in [0.4, 0.5) is 0 Å². The molecule has 1 aliphatic rings. The van der Waals surface area contributed by atoms with Gasteiger partial charge in [-0.05, 0) is 34.5 Å². The molecule has 92 valence electrons. The Morgan fingerprint density at radius 1 is 1.59 bits per heavy atom. The zero-order valence-corrected chi connectivity index (χ0v) is 11.8. The van der Waals surface area contributed by atoms with E-state index in [2.05, 4.69) is 15.9 Å². The molecule has 0 spiro atoms. The van der Waals surface area contributed by atoms with Crippen LogP contribution in [0.2, 0.25) is 5.02 Å². The number of likely N-dealkylation sites (tertiary alicyclic amines) is 1. The third-order valence-electron chi connectivity index (χ3n) is 2.95. The molecule has 0 bridgehead atoms. The molecule has 1 atom stereocenters. The SMILES string of the molecule is COC1CCN(C(=O)c2cccc(Br)c2Cl)C1. The van der Waals surface area contributed by atoms with Crippen molar-refractivity contribution in [2.24, 2.45) is 0 Å². The molecular formula is C12H13BrClNO2. The molecule has 1 heterocycles. The second-order valence-corrected chi connectivity index (χ2v) is 5.23. The zero-order chi connectivity index (χ0) is 12.4. The molecule has 1 aliphatic heterocycles. The fourth-order valence-corrected chi connectivity index (χ4v) is 2.52. The molecule has 0 N–H and O–H groups in total. The molecule has 1 saturated heterocycles. The van der Waals surface area contributed by atoms with E-state index in [0.717, 1.165) is 17.4 Å². The maximum atomic E-state index is 12.2. The Morgan fingerprint density at radius 3 is 3.00 bits per heavy atom. The first-order valence-corrected chi connectivity index (χ1v) is 6.56. The molecule has 1 aromatic rings. The number of ether oxygens (including phenoxy) is 1. The van der Waals surface area contributed by atoms with Crippen molar-refractivity contribution in [2.75, 3.05) is 20.2 Å². The normalized spacial score (nSPS) is 19.7. The molecule has 1 amide bonds. The van der Waals surface area contributed by atoms with Crippen LogP contribution in [0.25, 0.3) is 0 Å². The van der Waals surface area contributed by atoms with E-state index in [1.54, 1.807) is 18.1 Å². The molecule has 0 aromatic heterocycles. The van der Waals surface area contributed by atoms with E-state index in [0.29, 0.717) is 17.1 Å². The summed E-state index contributed by atoms with van der Waals surface area (Å²) in [6.07, 6.45) is 1.03. The standard InChI is InChI=1S/C12H13BrClNO2/c1-17-8-5-6-15(7-8)12(16)9-3-2-4-10(13)11(9)14/h2-4,8H,5-7H2,1H3. The van der Waals surface area contributed by atoms with Crippen molar-refractivity contribution in [2.45, 2.75) is 12.5 Å². The van der Waals surface area contributed by atoms with Crippen molar-refractivity contribution in [1.29, 1.82) is 0 Å². The summed E-state index contributed by atoms with van der Waals surface area (Å²) in [6, 6.07) is 5.38. The lowest BCUT2D eigenvalue weighted by Gasteiger charge is -2.17. The monoisotopic (exact) mass is 317 g/mol. The van der Waals surface area contributed by atoms with E-state index in [4.69, 9.17) is 16.3 Å². The van der Waals surface area contributed by atoms with Crippen LogP contribution in [0.15, 0.2) is 22.7 Å². The van der Waals surface area contributed by atoms with Crippen LogP contribution in [-0.4, -0.2) is 37.1 Å². The maximum Gasteiger partial charge on any atom is 0.255 e. The Hall–Kier alpha value is -0.580. The van der Waals surface area contributed by atoms with Gasteiger partial charge in [-0.25, -0.2) is 0 Å². The fourth-order valence-electron chi connectivity index (χ4n) is 1.94. The molecule has 1 aromatic carbocycles. The van der Waals surface area contributed by atoms with Gasteiger partial charge in [0.1, 0.15) is 0 Å². The van der Waals surface area contributed by atoms with Gasteiger partial charge < -0.3 is 9.64 Å². The highest BCUT2D eigenvalue weighted by molar-refractivity contribution is 9.10. The van der Waals surface area contributed by atoms with Crippen molar-refractivity contribution in [3.05, 3.63) is 33.3 Å². The summed E-state index contributed by atoms with van der Waals surface area (Å²) in [6.45, 7) is 1.36. The van der Waals surface area contributed by atoms with E-state index >= 15 is 0 Å². The predicted octanol–water partition coefficient (Wildman–Crippen LogP) is 2.96. The Balaban J connectivity index is 2.18. The first kappa shape index (κ1) is 12.9. The van der Waals surface area contributed by atoms with E-state index in [-0.39, 0.29) is 12.0 Å². The number of benzene rings is 1. The maximum absolute atomic E-state index is 12.2. The van der Waals surface area contributed by atoms with Crippen LogP contribution in [0.3, 0.4) is 0 Å². The van der Waals surface area contributed by atoms with Crippen molar-refractivity contribution in [3.8, 4) is 0 Å². The smallest absolute Gasteiger partial charge is 0.255 e. The molecule has 1 fully saturated rings. The van der Waals surface area contributed by atoms with Gasteiger partial charge >= 0.3 is 0 Å². The largest absolute Gasteiger partial charge is 0.380 e. The fraction of sp³-hybridized carbons (Fsp3) is 0.417. The minimum atomic E-state index is -0.0316. The Bertz CT molecular complexity index is 439. The lowest BCUT2D eigenvalue weighted by molar-refractivity contribution is 0.0724. The molecule has 5 heteroatoms. The lowest BCUT2D eigenvalue weighted by Crippen LogP contribution is -2.30. The summed E-state index contributed by atoms with van der Waals surface area (Å²) in [7, 11) is 1.67. The molecular weight excluding hydrogens is 305 g/mol. The van der Waals surface area contributed by atoms with Crippen LogP contribution in [0, 0.1) is 0 Å². The van der Waals surface area contributed by atoms with Crippen LogP contribution < -0.4 is 0 Å². The second-order valence-electron chi connectivity index (χ2n) is 4.00. The van der Waals surface area contributed by atoms with Crippen LogP contribution in [0.1, 0.15) is 16.8 Å². The Morgan fingerprint density at radius 2 is 2.35 bits per heavy atom. The zero-order valence-electron chi connectivity index (χ0n) is 9.45. The van der Waals surface area contributed by atoms with Gasteiger partial charge in [0.05, 0.1) is 16.7 Å². The third-order valence-corrected chi connectivity index (χ3v) is 4.24. The first-order valence-electron chi connectivity index (χ1n) is 5.39. The number of rotatable bonds is 2. The van der Waals surface area contributed by atoms with Crippen LogP contribution in [0.5, 0.6) is 0 Å². The molecule has 3 nitrogen and oxygen atoms in total. The number of halogens is 2. The summed E-state index contributed by atoms with van der Waals surface area (Å²) >= 11 is 9.43. The predicted molar refractivity (Wildman–Crippen MR) is 70.5 cm³/mol. The third kappa shape index (κ3) is 2.64. The molecule has 0 radical (unpaired) electrons. The first-order chi connectivity index (χ1) is 8.13. The average molecular weight is 319 g/mol. The van der Waals surface area contributed by atoms with Gasteiger partial charge in [-0.15, -0.1) is 0 Å².